The van der Waals surface area contributed by atoms with E-state index in [4.69, 9.17) is 5.73 Å². The van der Waals surface area contributed by atoms with Crippen LogP contribution in [0.1, 0.15) is 72.1 Å². The van der Waals surface area contributed by atoms with Crippen LogP contribution < -0.4 is 27.0 Å². The summed E-state index contributed by atoms with van der Waals surface area (Å²) in [5.74, 6) is -3.49. The number of H-pyrrole nitrogens is 1. The lowest BCUT2D eigenvalue weighted by Crippen LogP contribution is -2.61. The second-order valence-electron chi connectivity index (χ2n) is 13.4. The second kappa shape index (κ2) is 18.3. The fraction of sp³-hybridized carbons (Fsp3) is 0.571. The van der Waals surface area contributed by atoms with E-state index in [-0.39, 0.29) is 42.8 Å². The van der Waals surface area contributed by atoms with Gasteiger partial charge in [0.05, 0.1) is 18.4 Å². The van der Waals surface area contributed by atoms with E-state index in [0.29, 0.717) is 30.5 Å². The molecule has 1 aromatic carbocycles. The minimum absolute atomic E-state index is 0.0348. The van der Waals surface area contributed by atoms with Crippen LogP contribution in [0.25, 0.3) is 0 Å². The molecule has 0 bridgehead atoms. The Balaban J connectivity index is 1.86. The topological polar surface area (TPSA) is 229 Å². The number of hydrogen-bond acceptors (Lipinski definition) is 9. The van der Waals surface area contributed by atoms with Crippen LogP contribution in [-0.2, 0) is 41.6 Å². The molecule has 1 aromatic heterocycles. The lowest BCUT2D eigenvalue weighted by atomic mass is 9.96. The molecule has 50 heavy (non-hydrogen) atoms. The summed E-state index contributed by atoms with van der Waals surface area (Å²) in [5, 5.41) is 20.8. The van der Waals surface area contributed by atoms with Crippen molar-refractivity contribution in [2.24, 2.45) is 17.6 Å². The Morgan fingerprint density at radius 3 is 2.18 bits per heavy atom. The van der Waals surface area contributed by atoms with E-state index in [1.807, 2.05) is 6.92 Å². The van der Waals surface area contributed by atoms with E-state index in [0.717, 1.165) is 0 Å². The molecule has 5 amide bonds. The Kier molecular flexibility index (Phi) is 14.5. The lowest BCUT2D eigenvalue weighted by molar-refractivity contribution is -0.142. The zero-order valence-corrected chi connectivity index (χ0v) is 29.7. The number of hydrogen-bond donors (Lipinski definition) is 7. The van der Waals surface area contributed by atoms with Crippen LogP contribution in [0.4, 0.5) is 0 Å². The first-order chi connectivity index (χ1) is 23.6. The highest BCUT2D eigenvalue weighted by Crippen LogP contribution is 2.21. The Labute approximate surface area is 292 Å². The fourth-order valence-corrected chi connectivity index (χ4v) is 5.60. The van der Waals surface area contributed by atoms with E-state index in [1.54, 1.807) is 39.8 Å². The molecule has 2 aromatic rings. The van der Waals surface area contributed by atoms with Gasteiger partial charge in [-0.3, -0.25) is 28.8 Å². The zero-order valence-electron chi connectivity index (χ0n) is 29.7. The summed E-state index contributed by atoms with van der Waals surface area (Å²) in [6, 6.07) is 0.435. The molecule has 0 radical (unpaired) electrons. The van der Waals surface area contributed by atoms with Crippen LogP contribution in [0.3, 0.4) is 0 Å². The minimum atomic E-state index is -1.12. The number of amides is 5. The number of aromatic hydroxyl groups is 1. The van der Waals surface area contributed by atoms with E-state index >= 15 is 0 Å². The Morgan fingerprint density at radius 2 is 1.60 bits per heavy atom. The number of aromatic amines is 1. The zero-order chi connectivity index (χ0) is 37.1. The van der Waals surface area contributed by atoms with Crippen LogP contribution in [0.15, 0.2) is 36.8 Å². The number of phenolic OH excluding ortho intramolecular Hbond substituents is 1. The van der Waals surface area contributed by atoms with Crippen LogP contribution in [0.5, 0.6) is 5.75 Å². The number of likely N-dealkylation sites (tertiary alicyclic amines) is 1. The van der Waals surface area contributed by atoms with Gasteiger partial charge in [-0.25, -0.2) is 4.98 Å². The number of imidazole rings is 1. The predicted molar refractivity (Wildman–Crippen MR) is 185 cm³/mol. The number of carbonyl (C=O) groups is 6. The average Bonchev–Trinajstić information content (AvgIpc) is 3.79. The summed E-state index contributed by atoms with van der Waals surface area (Å²) in [6.45, 7) is 10.4. The smallest absolute Gasteiger partial charge is 0.246 e. The third-order valence-corrected chi connectivity index (χ3v) is 9.22. The molecule has 1 aliphatic rings. The van der Waals surface area contributed by atoms with E-state index < -0.39 is 65.8 Å². The number of nitrogens with zero attached hydrogens (tertiary/aromatic N) is 2. The van der Waals surface area contributed by atoms with Crippen LogP contribution in [-0.4, -0.2) is 98.1 Å². The van der Waals surface area contributed by atoms with Crippen molar-refractivity contribution in [1.29, 1.82) is 0 Å². The highest BCUT2D eigenvalue weighted by Gasteiger charge is 2.40. The van der Waals surface area contributed by atoms with Crippen LogP contribution in [0, 0.1) is 11.8 Å². The van der Waals surface area contributed by atoms with Crippen molar-refractivity contribution in [3.63, 3.8) is 0 Å². The molecule has 2 heterocycles. The second-order valence-corrected chi connectivity index (χ2v) is 13.4. The summed E-state index contributed by atoms with van der Waals surface area (Å²) in [6.07, 6.45) is 4.52. The summed E-state index contributed by atoms with van der Waals surface area (Å²) in [5.41, 5.74) is 7.29. The monoisotopic (exact) mass is 696 g/mol. The fourth-order valence-electron chi connectivity index (χ4n) is 5.60. The van der Waals surface area contributed by atoms with Crippen molar-refractivity contribution >= 4 is 35.3 Å². The van der Waals surface area contributed by atoms with Gasteiger partial charge in [-0.2, -0.15) is 0 Å². The van der Waals surface area contributed by atoms with Crippen molar-refractivity contribution in [2.75, 3.05) is 6.54 Å². The van der Waals surface area contributed by atoms with Gasteiger partial charge in [0.2, 0.25) is 29.5 Å². The van der Waals surface area contributed by atoms with E-state index in [2.05, 4.69) is 31.2 Å². The molecule has 1 saturated heterocycles. The van der Waals surface area contributed by atoms with Gasteiger partial charge < -0.3 is 42.0 Å². The quantitative estimate of drug-likeness (QED) is 0.122. The van der Waals surface area contributed by atoms with Crippen LogP contribution >= 0.6 is 0 Å². The predicted octanol–water partition coefficient (Wildman–Crippen LogP) is 0.469. The van der Waals surface area contributed by atoms with Crippen molar-refractivity contribution in [3.05, 3.63) is 48.0 Å². The Bertz CT molecular complexity index is 1480. The van der Waals surface area contributed by atoms with Gasteiger partial charge in [-0.1, -0.05) is 46.2 Å². The van der Waals surface area contributed by atoms with Crippen LogP contribution in [0.2, 0.25) is 0 Å². The number of aromatic nitrogens is 2. The highest BCUT2D eigenvalue weighted by molar-refractivity contribution is 5.97. The molecule has 1 unspecified atom stereocenters. The van der Waals surface area contributed by atoms with Gasteiger partial charge in [0.25, 0.3) is 0 Å². The molecular weight excluding hydrogens is 644 g/mol. The normalized spacial score (nSPS) is 17.9. The molecule has 3 rings (SSSR count). The molecule has 0 spiro atoms. The van der Waals surface area contributed by atoms with E-state index in [9.17, 15) is 33.9 Å². The number of phenols is 1. The number of Topliss-reactive ketones (excluding diaryl/α,β-unsaturated/α-hetero) is 1. The maximum absolute atomic E-state index is 14.1. The molecule has 8 N–H and O–H groups in total. The molecule has 0 saturated carbocycles. The molecule has 0 aliphatic carbocycles. The van der Waals surface area contributed by atoms with Crippen molar-refractivity contribution < 1.29 is 33.9 Å². The number of carbonyl (C=O) groups excluding carboxylic acids is 6. The maximum Gasteiger partial charge on any atom is 0.246 e. The Morgan fingerprint density at radius 1 is 0.940 bits per heavy atom. The molecule has 15 nitrogen and oxygen atoms in total. The average molecular weight is 697 g/mol. The van der Waals surface area contributed by atoms with Gasteiger partial charge in [0.1, 0.15) is 29.9 Å². The standard InChI is InChI=1S/C35H52N8O7/c1-7-20(4)30(42-31(46)26(40-33(48)29(36)19(2)3)15-23-10-12-25(45)13-11-23)34(49)41-27(16-24-17-37-18-38-24)35(50)43-14-8-9-28(43)32(47)39-21(5)22(6)44/h10-13,17-21,26-30,45H,7-9,14-16,36H2,1-6H3,(H,37,38)(H,39,47)(H,40,48)(H,41,49)(H,42,46)/t20?,21-,26+,27+,28+,29+,30+/m1/s1. The number of ketones is 1. The van der Waals surface area contributed by atoms with Gasteiger partial charge in [0.15, 0.2) is 5.78 Å². The van der Waals surface area contributed by atoms with Crippen molar-refractivity contribution in [2.45, 2.75) is 110 Å². The first kappa shape index (κ1) is 39.6. The first-order valence-corrected chi connectivity index (χ1v) is 17.2. The Hall–Kier alpha value is -4.79. The van der Waals surface area contributed by atoms with Crippen molar-refractivity contribution in [3.8, 4) is 5.75 Å². The van der Waals surface area contributed by atoms with Gasteiger partial charge in [-0.15, -0.1) is 0 Å². The van der Waals surface area contributed by atoms with Gasteiger partial charge >= 0.3 is 0 Å². The number of benzene rings is 1. The third-order valence-electron chi connectivity index (χ3n) is 9.22. The largest absolute Gasteiger partial charge is 0.508 e. The molecule has 274 valence electrons. The van der Waals surface area contributed by atoms with Gasteiger partial charge in [-0.05, 0) is 56.2 Å². The first-order valence-electron chi connectivity index (χ1n) is 17.2. The number of nitrogens with two attached hydrogens (primary N) is 1. The molecule has 1 fully saturated rings. The molecular formula is C35H52N8O7. The molecule has 1 aliphatic heterocycles. The molecule has 15 heteroatoms. The van der Waals surface area contributed by atoms with E-state index in [1.165, 1.54) is 36.5 Å². The SMILES string of the molecule is CCC(C)[C@H](NC(=O)[C@H](Cc1ccc(O)cc1)NC(=O)[C@@H](N)C(C)C)C(=O)N[C@@H](Cc1cnc[nH]1)C(=O)N1CCC[C@H]1C(=O)N[C@H](C)C(C)=O. The maximum atomic E-state index is 14.1. The third kappa shape index (κ3) is 10.9. The summed E-state index contributed by atoms with van der Waals surface area (Å²) >= 11 is 0. The summed E-state index contributed by atoms with van der Waals surface area (Å²) in [7, 11) is 0. The van der Waals surface area contributed by atoms with Crippen molar-refractivity contribution in [1.82, 2.24) is 36.1 Å². The number of rotatable bonds is 17. The number of nitrogens with one attached hydrogen (secondary N) is 5. The summed E-state index contributed by atoms with van der Waals surface area (Å²) in [4.78, 5) is 88.2. The van der Waals surface area contributed by atoms with Gasteiger partial charge in [0, 0.05) is 31.3 Å². The minimum Gasteiger partial charge on any atom is -0.508 e. The summed E-state index contributed by atoms with van der Waals surface area (Å²) < 4.78 is 0. The highest BCUT2D eigenvalue weighted by atomic mass is 16.3. The molecule has 7 atom stereocenters. The lowest BCUT2D eigenvalue weighted by Gasteiger charge is -2.31.